The normalized spacial score (nSPS) is 14.3. The van der Waals surface area contributed by atoms with Crippen LogP contribution in [0, 0.1) is 0 Å². The minimum Gasteiger partial charge on any atom is -0.360 e. The Bertz CT molecular complexity index is 1280. The first-order valence-electron chi connectivity index (χ1n) is 13.8. The standard InChI is InChI=1S/C30H38ClN5O3/c1-3-4-5-8-23(34-30(39)22-11-14-25-26(31)19-32-27(25)17-22)18-33-29(38)21-9-12-24(13-10-21)35(2)28(37)20-36-15-6-7-16-36/h9-14,17,19,23,32H,3-8,15-16,18,20H2,1-2H3,(H,33,38)(H,34,39)/t23-/m0/s1. The molecule has 39 heavy (non-hydrogen) atoms. The zero-order valence-corrected chi connectivity index (χ0v) is 23.5. The van der Waals surface area contributed by atoms with Gasteiger partial charge in [-0.15, -0.1) is 0 Å². The largest absolute Gasteiger partial charge is 0.360 e. The first-order chi connectivity index (χ1) is 18.9. The van der Waals surface area contributed by atoms with Crippen LogP contribution in [0.25, 0.3) is 10.9 Å². The van der Waals surface area contributed by atoms with Crippen molar-refractivity contribution in [3.63, 3.8) is 0 Å². The topological polar surface area (TPSA) is 97.5 Å². The van der Waals surface area contributed by atoms with Gasteiger partial charge in [-0.25, -0.2) is 0 Å². The van der Waals surface area contributed by atoms with Gasteiger partial charge in [0, 0.05) is 53.5 Å². The Hall–Kier alpha value is -3.36. The third kappa shape index (κ3) is 7.61. The lowest BCUT2D eigenvalue weighted by atomic mass is 10.1. The molecule has 0 bridgehead atoms. The van der Waals surface area contributed by atoms with Crippen LogP contribution in [0.2, 0.25) is 5.02 Å². The predicted molar refractivity (Wildman–Crippen MR) is 157 cm³/mol. The van der Waals surface area contributed by atoms with E-state index < -0.39 is 0 Å². The number of likely N-dealkylation sites (tertiary alicyclic amines) is 1. The lowest BCUT2D eigenvalue weighted by Crippen LogP contribution is -2.43. The Morgan fingerprint density at radius 3 is 2.46 bits per heavy atom. The van der Waals surface area contributed by atoms with E-state index in [4.69, 9.17) is 11.6 Å². The van der Waals surface area contributed by atoms with E-state index in [-0.39, 0.29) is 23.8 Å². The molecule has 3 amide bonds. The summed E-state index contributed by atoms with van der Waals surface area (Å²) in [6.45, 7) is 4.80. The third-order valence-corrected chi connectivity index (χ3v) is 7.65. The van der Waals surface area contributed by atoms with Gasteiger partial charge in [0.2, 0.25) is 5.91 Å². The Morgan fingerprint density at radius 2 is 1.74 bits per heavy atom. The average molecular weight is 552 g/mol. The van der Waals surface area contributed by atoms with E-state index in [1.165, 1.54) is 0 Å². The number of nitrogens with one attached hydrogen (secondary N) is 3. The van der Waals surface area contributed by atoms with Crippen LogP contribution in [0.3, 0.4) is 0 Å². The maximum Gasteiger partial charge on any atom is 0.251 e. The first kappa shape index (κ1) is 28.6. The highest BCUT2D eigenvalue weighted by atomic mass is 35.5. The molecule has 3 N–H and O–H groups in total. The monoisotopic (exact) mass is 551 g/mol. The van der Waals surface area contributed by atoms with Gasteiger partial charge in [-0.2, -0.15) is 0 Å². The zero-order valence-electron chi connectivity index (χ0n) is 22.8. The van der Waals surface area contributed by atoms with E-state index in [1.807, 2.05) is 6.07 Å². The van der Waals surface area contributed by atoms with Gasteiger partial charge in [0.1, 0.15) is 0 Å². The van der Waals surface area contributed by atoms with Crippen molar-refractivity contribution < 1.29 is 14.4 Å². The minimum atomic E-state index is -0.218. The molecular formula is C30H38ClN5O3. The number of aromatic amines is 1. The number of fused-ring (bicyclic) bond motifs is 1. The molecule has 1 aliphatic rings. The maximum absolute atomic E-state index is 13.0. The van der Waals surface area contributed by atoms with E-state index in [0.717, 1.165) is 68.2 Å². The zero-order chi connectivity index (χ0) is 27.8. The SMILES string of the molecule is CCCCC[C@@H](CNC(=O)c1ccc(N(C)C(=O)CN2CCCC2)cc1)NC(=O)c1ccc2c(Cl)c[nH]c2c1. The van der Waals surface area contributed by atoms with Crippen LogP contribution >= 0.6 is 11.6 Å². The van der Waals surface area contributed by atoms with E-state index in [2.05, 4.69) is 27.4 Å². The van der Waals surface area contributed by atoms with Gasteiger partial charge >= 0.3 is 0 Å². The summed E-state index contributed by atoms with van der Waals surface area (Å²) in [5.74, 6) is -0.368. The molecule has 1 atom stereocenters. The van der Waals surface area contributed by atoms with Crippen molar-refractivity contribution in [1.29, 1.82) is 0 Å². The van der Waals surface area contributed by atoms with Gasteiger partial charge in [0.25, 0.3) is 11.8 Å². The highest BCUT2D eigenvalue weighted by Crippen LogP contribution is 2.23. The van der Waals surface area contributed by atoms with Crippen LogP contribution in [-0.4, -0.2) is 66.9 Å². The van der Waals surface area contributed by atoms with Crippen molar-refractivity contribution >= 4 is 45.9 Å². The summed E-state index contributed by atoms with van der Waals surface area (Å²) in [7, 11) is 1.76. The van der Waals surface area contributed by atoms with Gasteiger partial charge in [-0.05, 0) is 68.8 Å². The summed E-state index contributed by atoms with van der Waals surface area (Å²) in [6, 6.07) is 12.2. The fourth-order valence-corrected chi connectivity index (χ4v) is 5.12. The van der Waals surface area contributed by atoms with Crippen molar-refractivity contribution in [2.75, 3.05) is 38.1 Å². The minimum absolute atomic E-state index is 0.0401. The number of unbranched alkanes of at least 4 members (excludes halogenated alkanes) is 2. The van der Waals surface area contributed by atoms with Crippen molar-refractivity contribution in [1.82, 2.24) is 20.5 Å². The van der Waals surface area contributed by atoms with Crippen molar-refractivity contribution in [2.24, 2.45) is 0 Å². The van der Waals surface area contributed by atoms with E-state index in [9.17, 15) is 14.4 Å². The molecule has 1 aromatic heterocycles. The molecule has 0 spiro atoms. The van der Waals surface area contributed by atoms with Crippen LogP contribution < -0.4 is 15.5 Å². The second-order valence-corrected chi connectivity index (χ2v) is 10.7. The summed E-state index contributed by atoms with van der Waals surface area (Å²) >= 11 is 6.16. The molecule has 2 aromatic carbocycles. The number of hydrogen-bond acceptors (Lipinski definition) is 4. The number of likely N-dealkylation sites (N-methyl/N-ethyl adjacent to an activating group) is 1. The highest BCUT2D eigenvalue weighted by Gasteiger charge is 2.20. The molecule has 2 heterocycles. The lowest BCUT2D eigenvalue weighted by molar-refractivity contribution is -0.119. The smallest absolute Gasteiger partial charge is 0.251 e. The van der Waals surface area contributed by atoms with Crippen LogP contribution in [0.15, 0.2) is 48.7 Å². The van der Waals surface area contributed by atoms with Crippen LogP contribution in [0.4, 0.5) is 5.69 Å². The van der Waals surface area contributed by atoms with Crippen molar-refractivity contribution in [3.05, 3.63) is 64.8 Å². The summed E-state index contributed by atoms with van der Waals surface area (Å²) in [5.41, 5.74) is 2.59. The number of halogens is 1. The highest BCUT2D eigenvalue weighted by molar-refractivity contribution is 6.35. The molecule has 0 aliphatic carbocycles. The molecule has 9 heteroatoms. The first-order valence-corrected chi connectivity index (χ1v) is 14.2. The van der Waals surface area contributed by atoms with Crippen LogP contribution in [0.1, 0.15) is 66.2 Å². The number of rotatable bonds is 12. The fourth-order valence-electron chi connectivity index (χ4n) is 4.90. The molecule has 0 saturated carbocycles. The number of benzene rings is 2. The van der Waals surface area contributed by atoms with Gasteiger partial charge < -0.3 is 20.5 Å². The molecular weight excluding hydrogens is 514 g/mol. The number of anilines is 1. The fraction of sp³-hybridized carbons (Fsp3) is 0.433. The number of carbonyl (C=O) groups is 3. The van der Waals surface area contributed by atoms with Crippen LogP contribution in [-0.2, 0) is 4.79 Å². The summed E-state index contributed by atoms with van der Waals surface area (Å²) < 4.78 is 0. The van der Waals surface area contributed by atoms with Gasteiger partial charge in [0.15, 0.2) is 0 Å². The number of H-pyrrole nitrogens is 1. The molecule has 1 aliphatic heterocycles. The Labute approximate surface area is 235 Å². The molecule has 208 valence electrons. The number of nitrogens with zero attached hydrogens (tertiary/aromatic N) is 2. The van der Waals surface area contributed by atoms with Crippen molar-refractivity contribution in [2.45, 2.75) is 51.5 Å². The molecule has 4 rings (SSSR count). The Balaban J connectivity index is 1.33. The van der Waals surface area contributed by atoms with E-state index in [0.29, 0.717) is 29.2 Å². The molecule has 1 fully saturated rings. The van der Waals surface area contributed by atoms with E-state index >= 15 is 0 Å². The van der Waals surface area contributed by atoms with Gasteiger partial charge in [-0.1, -0.05) is 43.9 Å². The van der Waals surface area contributed by atoms with Crippen LogP contribution in [0.5, 0.6) is 0 Å². The predicted octanol–water partition coefficient (Wildman–Crippen LogP) is 4.99. The second kappa shape index (κ2) is 13.6. The van der Waals surface area contributed by atoms with Gasteiger partial charge in [0.05, 0.1) is 11.6 Å². The number of hydrogen-bond donors (Lipinski definition) is 3. The molecule has 0 radical (unpaired) electrons. The Kier molecular flexibility index (Phi) is 10.0. The Morgan fingerprint density at radius 1 is 1.03 bits per heavy atom. The average Bonchev–Trinajstić information content (AvgIpc) is 3.60. The quantitative estimate of drug-likeness (QED) is 0.276. The third-order valence-electron chi connectivity index (χ3n) is 7.34. The summed E-state index contributed by atoms with van der Waals surface area (Å²) in [5, 5.41) is 7.54. The maximum atomic E-state index is 13.0. The molecule has 8 nitrogen and oxygen atoms in total. The van der Waals surface area contributed by atoms with Crippen molar-refractivity contribution in [3.8, 4) is 0 Å². The van der Waals surface area contributed by atoms with E-state index in [1.54, 1.807) is 54.5 Å². The second-order valence-electron chi connectivity index (χ2n) is 10.3. The molecule has 1 saturated heterocycles. The summed E-state index contributed by atoms with van der Waals surface area (Å²) in [4.78, 5) is 45.4. The van der Waals surface area contributed by atoms with Gasteiger partial charge in [-0.3, -0.25) is 19.3 Å². The number of amides is 3. The summed E-state index contributed by atoms with van der Waals surface area (Å²) in [6.07, 6.45) is 7.82. The lowest BCUT2D eigenvalue weighted by Gasteiger charge is -2.22. The number of aromatic nitrogens is 1. The molecule has 0 unspecified atom stereocenters. The number of carbonyl (C=O) groups excluding carboxylic acids is 3. The molecule has 3 aromatic rings.